The van der Waals surface area contributed by atoms with Crippen LogP contribution in [-0.4, -0.2) is 56.3 Å². The Morgan fingerprint density at radius 1 is 1.15 bits per heavy atom. The van der Waals surface area contributed by atoms with Crippen LogP contribution in [0.3, 0.4) is 0 Å². The number of nitrogens with zero attached hydrogens (tertiary/aromatic N) is 5. The lowest BCUT2D eigenvalue weighted by molar-refractivity contribution is 0.0734. The molecule has 0 spiro atoms. The average Bonchev–Trinajstić information content (AvgIpc) is 2.94. The van der Waals surface area contributed by atoms with Crippen molar-refractivity contribution in [1.82, 2.24) is 24.8 Å². The summed E-state index contributed by atoms with van der Waals surface area (Å²) in [7, 11) is 0. The summed E-state index contributed by atoms with van der Waals surface area (Å²) >= 11 is 0. The van der Waals surface area contributed by atoms with E-state index in [-0.39, 0.29) is 5.91 Å². The maximum absolute atomic E-state index is 13.1. The van der Waals surface area contributed by atoms with Gasteiger partial charge in [-0.25, -0.2) is 9.97 Å². The predicted octanol–water partition coefficient (Wildman–Crippen LogP) is 2.23. The van der Waals surface area contributed by atoms with Crippen molar-refractivity contribution < 1.29 is 4.79 Å². The molecule has 0 N–H and O–H groups in total. The number of fused-ring (bicyclic) bond motifs is 4. The molecule has 5 heterocycles. The van der Waals surface area contributed by atoms with Gasteiger partial charge >= 0.3 is 0 Å². The molecule has 2 aromatic heterocycles. The van der Waals surface area contributed by atoms with Crippen molar-refractivity contribution >= 4 is 5.91 Å². The Balaban J connectivity index is 1.51. The van der Waals surface area contributed by atoms with E-state index in [0.29, 0.717) is 23.3 Å². The van der Waals surface area contributed by atoms with Crippen LogP contribution < -0.4 is 0 Å². The van der Waals surface area contributed by atoms with E-state index in [1.54, 1.807) is 6.20 Å². The minimum atomic E-state index is 0.0686. The van der Waals surface area contributed by atoms with E-state index in [1.807, 2.05) is 37.1 Å². The molecular formula is C20H25N5O. The van der Waals surface area contributed by atoms with Gasteiger partial charge in [0.25, 0.3) is 5.91 Å². The van der Waals surface area contributed by atoms with E-state index in [1.165, 1.54) is 6.42 Å². The van der Waals surface area contributed by atoms with E-state index in [0.717, 1.165) is 44.0 Å². The molecule has 0 aliphatic carbocycles. The lowest BCUT2D eigenvalue weighted by atomic mass is 9.95. The van der Waals surface area contributed by atoms with Crippen molar-refractivity contribution in [1.29, 1.82) is 0 Å². The number of hydrogen-bond donors (Lipinski definition) is 0. The van der Waals surface area contributed by atoms with Gasteiger partial charge in [0, 0.05) is 44.6 Å². The third-order valence-electron chi connectivity index (χ3n) is 5.54. The summed E-state index contributed by atoms with van der Waals surface area (Å²) in [6.45, 7) is 7.23. The van der Waals surface area contributed by atoms with Crippen LogP contribution in [0.4, 0.5) is 0 Å². The molecule has 1 amide bonds. The molecule has 5 rings (SSSR count). The van der Waals surface area contributed by atoms with Gasteiger partial charge in [-0.2, -0.15) is 0 Å². The highest BCUT2D eigenvalue weighted by Gasteiger charge is 2.37. The summed E-state index contributed by atoms with van der Waals surface area (Å²) < 4.78 is 0. The number of piperidine rings is 1. The molecule has 6 heteroatoms. The second-order valence-electron chi connectivity index (χ2n) is 7.47. The second-order valence-corrected chi connectivity index (χ2v) is 7.47. The number of aryl methyl sites for hydroxylation is 2. The molecule has 0 aromatic carbocycles. The zero-order chi connectivity index (χ0) is 18.1. The van der Waals surface area contributed by atoms with Crippen LogP contribution in [-0.2, 0) is 6.54 Å². The highest BCUT2D eigenvalue weighted by Crippen LogP contribution is 2.29. The molecule has 0 unspecified atom stereocenters. The molecule has 2 bridgehead atoms. The molecule has 3 saturated heterocycles. The lowest BCUT2D eigenvalue weighted by Crippen LogP contribution is -2.44. The van der Waals surface area contributed by atoms with Gasteiger partial charge in [-0.1, -0.05) is 6.07 Å². The molecule has 3 aliphatic rings. The molecule has 6 nitrogen and oxygen atoms in total. The fourth-order valence-electron chi connectivity index (χ4n) is 4.20. The van der Waals surface area contributed by atoms with Crippen molar-refractivity contribution in [3.63, 3.8) is 0 Å². The van der Waals surface area contributed by atoms with Gasteiger partial charge in [-0.05, 0) is 44.7 Å². The minimum absolute atomic E-state index is 0.0686. The average molecular weight is 351 g/mol. The zero-order valence-electron chi connectivity index (χ0n) is 15.4. The standard InChI is InChI=1S/C20H25N5O/c1-14-19(9-22-15(2)23-14)20(26)25-11-16-6-7-18(13-25)24(10-16)12-17-5-3-4-8-21-17/h3-5,8-9,16,18H,6-7,10-13H2,1-2H3/t16-,18-/m1/s1. The first kappa shape index (κ1) is 17.1. The molecular weight excluding hydrogens is 326 g/mol. The third-order valence-corrected chi connectivity index (χ3v) is 5.54. The second kappa shape index (κ2) is 7.11. The van der Waals surface area contributed by atoms with Crippen molar-refractivity contribution in [2.45, 2.75) is 39.3 Å². The Bertz CT molecular complexity index is 794. The van der Waals surface area contributed by atoms with Gasteiger partial charge in [0.2, 0.25) is 0 Å². The van der Waals surface area contributed by atoms with Crippen molar-refractivity contribution in [2.75, 3.05) is 19.6 Å². The minimum Gasteiger partial charge on any atom is -0.337 e. The number of aromatic nitrogens is 3. The summed E-state index contributed by atoms with van der Waals surface area (Å²) in [5.41, 5.74) is 2.50. The summed E-state index contributed by atoms with van der Waals surface area (Å²) in [5, 5.41) is 0. The first-order valence-electron chi connectivity index (χ1n) is 9.33. The number of rotatable bonds is 3. The van der Waals surface area contributed by atoms with Crippen LogP contribution >= 0.6 is 0 Å². The fraction of sp³-hybridized carbons (Fsp3) is 0.500. The maximum atomic E-state index is 13.1. The van der Waals surface area contributed by atoms with E-state index >= 15 is 0 Å². The summed E-state index contributed by atoms with van der Waals surface area (Å²) in [4.78, 5) is 30.7. The van der Waals surface area contributed by atoms with E-state index in [2.05, 4.69) is 25.9 Å². The van der Waals surface area contributed by atoms with E-state index in [9.17, 15) is 4.79 Å². The molecule has 26 heavy (non-hydrogen) atoms. The Kier molecular flexibility index (Phi) is 4.68. The van der Waals surface area contributed by atoms with E-state index in [4.69, 9.17) is 0 Å². The van der Waals surface area contributed by atoms with Crippen molar-refractivity contribution in [3.05, 3.63) is 53.4 Å². The Hall–Kier alpha value is -2.34. The van der Waals surface area contributed by atoms with Gasteiger partial charge in [0.05, 0.1) is 17.0 Å². The molecule has 136 valence electrons. The summed E-state index contributed by atoms with van der Waals surface area (Å²) in [5.74, 6) is 1.30. The SMILES string of the molecule is Cc1ncc(C(=O)N2C[C@@H]3CC[C@H](C2)N(Cc2ccccn2)C3)c(C)n1. The first-order valence-corrected chi connectivity index (χ1v) is 9.33. The fourth-order valence-corrected chi connectivity index (χ4v) is 4.20. The normalized spacial score (nSPS) is 23.1. The Morgan fingerprint density at radius 3 is 2.81 bits per heavy atom. The predicted molar refractivity (Wildman–Crippen MR) is 98.6 cm³/mol. The number of pyridine rings is 1. The molecule has 3 fully saturated rings. The molecule has 2 atom stereocenters. The van der Waals surface area contributed by atoms with Crippen molar-refractivity contribution in [3.8, 4) is 0 Å². The number of amides is 1. The van der Waals surface area contributed by atoms with Crippen LogP contribution in [0.15, 0.2) is 30.6 Å². The van der Waals surface area contributed by atoms with Crippen LogP contribution in [0.5, 0.6) is 0 Å². The highest BCUT2D eigenvalue weighted by atomic mass is 16.2. The van der Waals surface area contributed by atoms with Crippen LogP contribution in [0.2, 0.25) is 0 Å². The first-order chi connectivity index (χ1) is 12.6. The molecule has 3 aliphatic heterocycles. The lowest BCUT2D eigenvalue weighted by Gasteiger charge is -2.35. The number of hydrogen-bond acceptors (Lipinski definition) is 5. The quantitative estimate of drug-likeness (QED) is 0.848. The van der Waals surface area contributed by atoms with Gasteiger partial charge in [0.1, 0.15) is 5.82 Å². The molecule has 0 saturated carbocycles. The monoisotopic (exact) mass is 351 g/mol. The molecule has 0 radical (unpaired) electrons. The van der Waals surface area contributed by atoms with Gasteiger partial charge < -0.3 is 4.90 Å². The van der Waals surface area contributed by atoms with Crippen LogP contribution in [0.25, 0.3) is 0 Å². The van der Waals surface area contributed by atoms with Crippen molar-refractivity contribution in [2.24, 2.45) is 5.92 Å². The smallest absolute Gasteiger partial charge is 0.257 e. The summed E-state index contributed by atoms with van der Waals surface area (Å²) in [6, 6.07) is 6.46. The largest absolute Gasteiger partial charge is 0.337 e. The van der Waals surface area contributed by atoms with E-state index < -0.39 is 0 Å². The Labute approximate surface area is 154 Å². The van der Waals surface area contributed by atoms with Gasteiger partial charge in [-0.3, -0.25) is 14.7 Å². The number of carbonyl (C=O) groups excluding carboxylic acids is 1. The van der Waals surface area contributed by atoms with Crippen LogP contribution in [0.1, 0.15) is 40.4 Å². The topological polar surface area (TPSA) is 62.2 Å². The highest BCUT2D eigenvalue weighted by molar-refractivity contribution is 5.95. The van der Waals surface area contributed by atoms with Gasteiger partial charge in [0.15, 0.2) is 0 Å². The summed E-state index contributed by atoms with van der Waals surface area (Å²) in [6.07, 6.45) is 5.86. The van der Waals surface area contributed by atoms with Gasteiger partial charge in [-0.15, -0.1) is 0 Å². The Morgan fingerprint density at radius 2 is 2.04 bits per heavy atom. The van der Waals surface area contributed by atoms with Crippen LogP contribution in [0, 0.1) is 19.8 Å². The third kappa shape index (κ3) is 3.46. The molecule has 2 aromatic rings. The maximum Gasteiger partial charge on any atom is 0.257 e. The zero-order valence-corrected chi connectivity index (χ0v) is 15.4. The number of carbonyl (C=O) groups is 1.